The van der Waals surface area contributed by atoms with E-state index in [-0.39, 0.29) is 0 Å². The number of halogens is 1. The van der Waals surface area contributed by atoms with Crippen molar-refractivity contribution in [2.24, 2.45) is 0 Å². The summed E-state index contributed by atoms with van der Waals surface area (Å²) in [4.78, 5) is 0. The highest BCUT2D eigenvalue weighted by atomic mass is 35.5. The molecule has 0 radical (unpaired) electrons. The molecule has 2 heteroatoms. The lowest BCUT2D eigenvalue weighted by atomic mass is 10.3. The molecule has 0 saturated heterocycles. The molecular weight excluding hydrogens is 196 g/mol. The fourth-order valence-electron chi connectivity index (χ4n) is 1.05. The normalized spacial score (nSPS) is 10.7. The molecule has 1 nitrogen and oxygen atoms in total. The summed E-state index contributed by atoms with van der Waals surface area (Å²) in [6.45, 7) is 2.74. The van der Waals surface area contributed by atoms with E-state index >= 15 is 0 Å². The minimum atomic E-state index is 0.587. The fourth-order valence-corrected chi connectivity index (χ4v) is 1.24. The van der Waals surface area contributed by atoms with Crippen molar-refractivity contribution >= 4 is 11.6 Å². The Balaban J connectivity index is 2.35. The van der Waals surface area contributed by atoms with Gasteiger partial charge in [0.25, 0.3) is 0 Å². The molecule has 14 heavy (non-hydrogen) atoms. The largest absolute Gasteiger partial charge is 0.488 e. The number of allylic oxidation sites excluding steroid dienone is 1. The zero-order valence-electron chi connectivity index (χ0n) is 8.37. The van der Waals surface area contributed by atoms with Gasteiger partial charge in [-0.15, -0.1) is 0 Å². The molecule has 0 bridgehead atoms. The molecule has 76 valence electrons. The first-order chi connectivity index (χ1) is 6.84. The van der Waals surface area contributed by atoms with Crippen LogP contribution < -0.4 is 4.74 Å². The number of rotatable bonds is 5. The Hall–Kier alpha value is -0.950. The van der Waals surface area contributed by atoms with Gasteiger partial charge in [-0.3, -0.25) is 0 Å². The van der Waals surface area contributed by atoms with Gasteiger partial charge in [-0.1, -0.05) is 49.2 Å². The SMILES string of the molecule is CCC/C=C/COc1ccccc1Cl. The summed E-state index contributed by atoms with van der Waals surface area (Å²) >= 11 is 5.92. The van der Waals surface area contributed by atoms with Crippen molar-refractivity contribution in [1.82, 2.24) is 0 Å². The third-order valence-corrected chi connectivity index (χ3v) is 2.11. The molecule has 0 atom stereocenters. The molecule has 1 aromatic carbocycles. The summed E-state index contributed by atoms with van der Waals surface area (Å²) in [7, 11) is 0. The molecule has 1 rings (SSSR count). The summed E-state index contributed by atoms with van der Waals surface area (Å²) < 4.78 is 5.46. The Morgan fingerprint density at radius 1 is 1.29 bits per heavy atom. The van der Waals surface area contributed by atoms with Gasteiger partial charge >= 0.3 is 0 Å². The van der Waals surface area contributed by atoms with E-state index in [0.29, 0.717) is 11.6 Å². The first kappa shape index (κ1) is 11.1. The van der Waals surface area contributed by atoms with Gasteiger partial charge in [-0.05, 0) is 18.6 Å². The average Bonchev–Trinajstić information content (AvgIpc) is 2.20. The van der Waals surface area contributed by atoms with Crippen LogP contribution in [-0.4, -0.2) is 6.61 Å². The molecular formula is C12H15ClO. The van der Waals surface area contributed by atoms with Gasteiger partial charge in [-0.25, -0.2) is 0 Å². The molecule has 0 amide bonds. The molecule has 0 aliphatic carbocycles. The third-order valence-electron chi connectivity index (χ3n) is 1.79. The summed E-state index contributed by atoms with van der Waals surface area (Å²) in [5, 5.41) is 0.663. The van der Waals surface area contributed by atoms with Crippen LogP contribution in [0.15, 0.2) is 36.4 Å². The quantitative estimate of drug-likeness (QED) is 0.666. The van der Waals surface area contributed by atoms with Crippen molar-refractivity contribution in [3.63, 3.8) is 0 Å². The third kappa shape index (κ3) is 3.84. The Morgan fingerprint density at radius 2 is 2.07 bits per heavy atom. The number of hydrogen-bond acceptors (Lipinski definition) is 1. The topological polar surface area (TPSA) is 9.23 Å². The van der Waals surface area contributed by atoms with Gasteiger partial charge in [0.15, 0.2) is 0 Å². The second kappa shape index (κ2) is 6.50. The van der Waals surface area contributed by atoms with E-state index in [9.17, 15) is 0 Å². The van der Waals surface area contributed by atoms with Gasteiger partial charge < -0.3 is 4.74 Å². The maximum absolute atomic E-state index is 5.92. The second-order valence-electron chi connectivity index (χ2n) is 3.00. The lowest BCUT2D eigenvalue weighted by Crippen LogP contribution is -1.93. The van der Waals surface area contributed by atoms with E-state index in [2.05, 4.69) is 13.0 Å². The van der Waals surface area contributed by atoms with Crippen LogP contribution in [-0.2, 0) is 0 Å². The van der Waals surface area contributed by atoms with Crippen LogP contribution in [0.2, 0.25) is 5.02 Å². The Kier molecular flexibility index (Phi) is 5.16. The van der Waals surface area contributed by atoms with Crippen LogP contribution in [0, 0.1) is 0 Å². The monoisotopic (exact) mass is 210 g/mol. The lowest BCUT2D eigenvalue weighted by Gasteiger charge is -2.04. The smallest absolute Gasteiger partial charge is 0.138 e. The summed E-state index contributed by atoms with van der Waals surface area (Å²) in [6, 6.07) is 7.50. The zero-order chi connectivity index (χ0) is 10.2. The van der Waals surface area contributed by atoms with Crippen LogP contribution >= 0.6 is 11.6 Å². The number of hydrogen-bond donors (Lipinski definition) is 0. The van der Waals surface area contributed by atoms with Gasteiger partial charge in [0, 0.05) is 0 Å². The molecule has 0 heterocycles. The predicted molar refractivity (Wildman–Crippen MR) is 61.0 cm³/mol. The maximum atomic E-state index is 5.92. The highest BCUT2D eigenvalue weighted by Gasteiger charge is 1.96. The molecule has 0 fully saturated rings. The average molecular weight is 211 g/mol. The van der Waals surface area contributed by atoms with Crippen molar-refractivity contribution in [1.29, 1.82) is 0 Å². The molecule has 1 aromatic rings. The van der Waals surface area contributed by atoms with Crippen LogP contribution in [0.25, 0.3) is 0 Å². The summed E-state index contributed by atoms with van der Waals surface area (Å²) in [5.41, 5.74) is 0. The Morgan fingerprint density at radius 3 is 2.79 bits per heavy atom. The molecule has 0 N–H and O–H groups in total. The van der Waals surface area contributed by atoms with Crippen molar-refractivity contribution in [3.8, 4) is 5.75 Å². The number of unbranched alkanes of at least 4 members (excludes halogenated alkanes) is 1. The highest BCUT2D eigenvalue weighted by Crippen LogP contribution is 2.22. The molecule has 0 aliphatic rings. The molecule has 0 saturated carbocycles. The van der Waals surface area contributed by atoms with Gasteiger partial charge in [-0.2, -0.15) is 0 Å². The van der Waals surface area contributed by atoms with Crippen molar-refractivity contribution < 1.29 is 4.74 Å². The zero-order valence-corrected chi connectivity index (χ0v) is 9.13. The summed E-state index contributed by atoms with van der Waals surface area (Å²) in [6.07, 6.45) is 6.41. The molecule has 0 unspecified atom stereocenters. The molecule has 0 aromatic heterocycles. The van der Waals surface area contributed by atoms with Gasteiger partial charge in [0.05, 0.1) is 5.02 Å². The first-order valence-electron chi connectivity index (χ1n) is 4.87. The van der Waals surface area contributed by atoms with Gasteiger partial charge in [0.1, 0.15) is 12.4 Å². The lowest BCUT2D eigenvalue weighted by molar-refractivity contribution is 0.362. The Bertz CT molecular complexity index is 294. The van der Waals surface area contributed by atoms with Crippen LogP contribution in [0.1, 0.15) is 19.8 Å². The highest BCUT2D eigenvalue weighted by molar-refractivity contribution is 6.32. The maximum Gasteiger partial charge on any atom is 0.138 e. The van der Waals surface area contributed by atoms with Crippen LogP contribution in [0.3, 0.4) is 0 Å². The van der Waals surface area contributed by atoms with E-state index < -0.39 is 0 Å². The van der Waals surface area contributed by atoms with E-state index in [4.69, 9.17) is 16.3 Å². The summed E-state index contributed by atoms with van der Waals surface area (Å²) in [5.74, 6) is 0.746. The van der Waals surface area contributed by atoms with E-state index in [1.807, 2.05) is 30.3 Å². The number of para-hydroxylation sites is 1. The van der Waals surface area contributed by atoms with Crippen LogP contribution in [0.4, 0.5) is 0 Å². The van der Waals surface area contributed by atoms with E-state index in [1.165, 1.54) is 6.42 Å². The van der Waals surface area contributed by atoms with Crippen molar-refractivity contribution in [2.75, 3.05) is 6.61 Å². The Labute approximate surface area is 90.3 Å². The van der Waals surface area contributed by atoms with Crippen molar-refractivity contribution in [2.45, 2.75) is 19.8 Å². The predicted octanol–water partition coefficient (Wildman–Crippen LogP) is 4.08. The number of ether oxygens (including phenoxy) is 1. The first-order valence-corrected chi connectivity index (χ1v) is 5.24. The van der Waals surface area contributed by atoms with E-state index in [0.717, 1.165) is 12.2 Å². The molecule has 0 spiro atoms. The van der Waals surface area contributed by atoms with E-state index in [1.54, 1.807) is 0 Å². The minimum Gasteiger partial charge on any atom is -0.488 e. The second-order valence-corrected chi connectivity index (χ2v) is 3.41. The molecule has 0 aliphatic heterocycles. The van der Waals surface area contributed by atoms with Crippen LogP contribution in [0.5, 0.6) is 5.75 Å². The minimum absolute atomic E-state index is 0.587. The number of benzene rings is 1. The van der Waals surface area contributed by atoms with Gasteiger partial charge in [0.2, 0.25) is 0 Å². The van der Waals surface area contributed by atoms with Crippen molar-refractivity contribution in [3.05, 3.63) is 41.4 Å². The standard InChI is InChI=1S/C12H15ClO/c1-2-3-4-7-10-14-12-9-6-5-8-11(12)13/h4-9H,2-3,10H2,1H3/b7-4+. The fraction of sp³-hybridized carbons (Fsp3) is 0.333.